The summed E-state index contributed by atoms with van der Waals surface area (Å²) >= 11 is 0. The molecule has 0 bridgehead atoms. The number of methoxy groups -OCH3 is 1. The first-order valence-corrected chi connectivity index (χ1v) is 10.6. The lowest BCUT2D eigenvalue weighted by atomic mass is 10.0. The van der Waals surface area contributed by atoms with Crippen LogP contribution in [0.4, 0.5) is 13.2 Å². The van der Waals surface area contributed by atoms with Crippen LogP contribution in [0.2, 0.25) is 0 Å². The highest BCUT2D eigenvalue weighted by molar-refractivity contribution is 5.72. The van der Waals surface area contributed by atoms with Gasteiger partial charge in [-0.1, -0.05) is 48.5 Å². The molecule has 3 aromatic carbocycles. The number of hydrogen-bond donors (Lipinski definition) is 1. The molecule has 0 radical (unpaired) electrons. The molecule has 180 valence electrons. The van der Waals surface area contributed by atoms with E-state index in [1.54, 1.807) is 0 Å². The predicted molar refractivity (Wildman–Crippen MR) is 121 cm³/mol. The average molecular weight is 474 g/mol. The smallest absolute Gasteiger partial charge is 0.419 e. The van der Waals surface area contributed by atoms with Crippen LogP contribution in [-0.2, 0) is 22.1 Å². The van der Waals surface area contributed by atoms with Gasteiger partial charge in [-0.3, -0.25) is 0 Å². The van der Waals surface area contributed by atoms with E-state index in [-0.39, 0.29) is 30.9 Å². The molecule has 0 aliphatic carbocycles. The molecule has 0 fully saturated rings. The largest absolute Gasteiger partial charge is 0.493 e. The summed E-state index contributed by atoms with van der Waals surface area (Å²) in [6.07, 6.45) is -5.68. The highest BCUT2D eigenvalue weighted by atomic mass is 19.4. The third-order valence-corrected chi connectivity index (χ3v) is 5.11. The van der Waals surface area contributed by atoms with E-state index in [9.17, 15) is 18.0 Å². The van der Waals surface area contributed by atoms with E-state index in [0.29, 0.717) is 12.2 Å². The minimum atomic E-state index is -4.64. The van der Waals surface area contributed by atoms with Gasteiger partial charge in [0.15, 0.2) is 6.10 Å². The minimum Gasteiger partial charge on any atom is -0.493 e. The molecule has 34 heavy (non-hydrogen) atoms. The van der Waals surface area contributed by atoms with Gasteiger partial charge in [-0.25, -0.2) is 4.79 Å². The molecular weight excluding hydrogens is 449 g/mol. The van der Waals surface area contributed by atoms with Crippen molar-refractivity contribution in [2.45, 2.75) is 25.1 Å². The Morgan fingerprint density at radius 1 is 0.912 bits per heavy atom. The van der Waals surface area contributed by atoms with Gasteiger partial charge in [0.2, 0.25) is 0 Å². The fourth-order valence-electron chi connectivity index (χ4n) is 3.34. The number of alkyl halides is 3. The zero-order valence-electron chi connectivity index (χ0n) is 18.5. The van der Waals surface area contributed by atoms with Gasteiger partial charge in [0.25, 0.3) is 0 Å². The van der Waals surface area contributed by atoms with Gasteiger partial charge in [-0.15, -0.1) is 0 Å². The Labute approximate surface area is 195 Å². The summed E-state index contributed by atoms with van der Waals surface area (Å²) in [5.41, 5.74) is 1.38. The number of ether oxygens (including phenoxy) is 3. The van der Waals surface area contributed by atoms with Crippen molar-refractivity contribution in [3.8, 4) is 22.6 Å². The molecule has 1 atom stereocenters. The Morgan fingerprint density at radius 3 is 2.18 bits per heavy atom. The maximum Gasteiger partial charge on any atom is 0.419 e. The maximum absolute atomic E-state index is 13.5. The summed E-state index contributed by atoms with van der Waals surface area (Å²) in [6.45, 7) is 0.304. The summed E-state index contributed by atoms with van der Waals surface area (Å²) < 4.78 is 56.3. The second-order valence-electron chi connectivity index (χ2n) is 7.54. The Kier molecular flexibility index (Phi) is 8.54. The molecular formula is C26H25F3O5. The second-order valence-corrected chi connectivity index (χ2v) is 7.54. The Hall–Kier alpha value is -3.52. The number of hydrogen-bond acceptors (Lipinski definition) is 4. The molecule has 0 heterocycles. The first-order valence-electron chi connectivity index (χ1n) is 10.6. The summed E-state index contributed by atoms with van der Waals surface area (Å²) in [7, 11) is 1.20. The van der Waals surface area contributed by atoms with Gasteiger partial charge in [-0.05, 0) is 41.0 Å². The van der Waals surface area contributed by atoms with Crippen molar-refractivity contribution in [1.82, 2.24) is 0 Å². The molecule has 0 saturated carbocycles. The van der Waals surface area contributed by atoms with Crippen molar-refractivity contribution in [2.75, 3.05) is 20.3 Å². The summed E-state index contributed by atoms with van der Waals surface area (Å²) in [5, 5.41) is 9.05. The molecule has 0 spiro atoms. The van der Waals surface area contributed by atoms with E-state index in [1.165, 1.54) is 19.2 Å². The molecule has 3 rings (SSSR count). The SMILES string of the molecule is COC(Cc1ccc(OCCCOc2ccc(-c3ccccc3)cc2)c(C(F)(F)F)c1)C(=O)O. The number of rotatable bonds is 11. The van der Waals surface area contributed by atoms with Gasteiger partial charge in [0.05, 0.1) is 18.8 Å². The molecule has 1 unspecified atom stereocenters. The third-order valence-electron chi connectivity index (χ3n) is 5.11. The van der Waals surface area contributed by atoms with Crippen LogP contribution in [0.25, 0.3) is 11.1 Å². The molecule has 0 aliphatic rings. The highest BCUT2D eigenvalue weighted by Gasteiger charge is 2.35. The summed E-state index contributed by atoms with van der Waals surface area (Å²) in [6, 6.07) is 21.0. The molecule has 5 nitrogen and oxygen atoms in total. The Morgan fingerprint density at radius 2 is 1.56 bits per heavy atom. The predicted octanol–water partition coefficient (Wildman–Crippen LogP) is 5.86. The van der Waals surface area contributed by atoms with Crippen LogP contribution >= 0.6 is 0 Å². The van der Waals surface area contributed by atoms with Gasteiger partial charge >= 0.3 is 12.1 Å². The fraction of sp³-hybridized carbons (Fsp3) is 0.269. The zero-order chi connectivity index (χ0) is 24.6. The molecule has 0 amide bonds. The lowest BCUT2D eigenvalue weighted by Gasteiger charge is -2.17. The monoisotopic (exact) mass is 474 g/mol. The third kappa shape index (κ3) is 6.99. The van der Waals surface area contributed by atoms with Crippen LogP contribution in [-0.4, -0.2) is 37.5 Å². The van der Waals surface area contributed by atoms with Crippen molar-refractivity contribution < 1.29 is 37.3 Å². The molecule has 1 N–H and O–H groups in total. The Bertz CT molecular complexity index is 1070. The number of benzene rings is 3. The lowest BCUT2D eigenvalue weighted by molar-refractivity contribution is -0.148. The zero-order valence-corrected chi connectivity index (χ0v) is 18.5. The van der Waals surface area contributed by atoms with E-state index in [2.05, 4.69) is 0 Å². The van der Waals surface area contributed by atoms with E-state index in [0.717, 1.165) is 17.2 Å². The molecule has 8 heteroatoms. The minimum absolute atomic E-state index is 0.0281. The molecule has 0 saturated heterocycles. The number of aliphatic carboxylic acids is 1. The quantitative estimate of drug-likeness (QED) is 0.353. The lowest BCUT2D eigenvalue weighted by Crippen LogP contribution is -2.25. The van der Waals surface area contributed by atoms with E-state index in [4.69, 9.17) is 19.3 Å². The summed E-state index contributed by atoms with van der Waals surface area (Å²) in [4.78, 5) is 11.1. The highest BCUT2D eigenvalue weighted by Crippen LogP contribution is 2.37. The van der Waals surface area contributed by atoms with Crippen molar-refractivity contribution in [1.29, 1.82) is 0 Å². The second kappa shape index (κ2) is 11.6. The van der Waals surface area contributed by atoms with Crippen LogP contribution < -0.4 is 9.47 Å². The molecule has 0 aromatic heterocycles. The van der Waals surface area contributed by atoms with Crippen LogP contribution in [0, 0.1) is 0 Å². The van der Waals surface area contributed by atoms with Crippen molar-refractivity contribution in [3.05, 3.63) is 83.9 Å². The van der Waals surface area contributed by atoms with E-state index in [1.807, 2.05) is 54.6 Å². The van der Waals surface area contributed by atoms with Crippen molar-refractivity contribution in [3.63, 3.8) is 0 Å². The first-order chi connectivity index (χ1) is 16.3. The number of carboxylic acids is 1. The molecule has 3 aromatic rings. The average Bonchev–Trinajstić information content (AvgIpc) is 2.83. The van der Waals surface area contributed by atoms with Crippen molar-refractivity contribution in [2.24, 2.45) is 0 Å². The number of halogens is 3. The number of carboxylic acid groups (broad SMARTS) is 1. The van der Waals surface area contributed by atoms with E-state index < -0.39 is 23.8 Å². The normalized spacial score (nSPS) is 12.2. The van der Waals surface area contributed by atoms with E-state index >= 15 is 0 Å². The van der Waals surface area contributed by atoms with Gasteiger partial charge in [-0.2, -0.15) is 13.2 Å². The standard InChI is InChI=1S/C26H25F3O5/c1-32-24(25(30)31)17-18-8-13-23(22(16-18)26(27,28)29)34-15-5-14-33-21-11-9-20(10-12-21)19-6-3-2-4-7-19/h2-4,6-13,16,24H,5,14-15,17H2,1H3,(H,30,31). The van der Waals surface area contributed by atoms with Crippen LogP contribution in [0.15, 0.2) is 72.8 Å². The van der Waals surface area contributed by atoms with Gasteiger partial charge in [0, 0.05) is 20.0 Å². The maximum atomic E-state index is 13.5. The van der Waals surface area contributed by atoms with Gasteiger partial charge < -0.3 is 19.3 Å². The topological polar surface area (TPSA) is 65.0 Å². The first kappa shape index (κ1) is 25.1. The van der Waals surface area contributed by atoms with Crippen LogP contribution in [0.3, 0.4) is 0 Å². The van der Waals surface area contributed by atoms with Crippen LogP contribution in [0.1, 0.15) is 17.5 Å². The number of carbonyl (C=O) groups is 1. The van der Waals surface area contributed by atoms with Gasteiger partial charge in [0.1, 0.15) is 11.5 Å². The Balaban J connectivity index is 1.53. The fourth-order valence-corrected chi connectivity index (χ4v) is 3.34. The van der Waals surface area contributed by atoms with Crippen molar-refractivity contribution >= 4 is 5.97 Å². The summed E-state index contributed by atoms with van der Waals surface area (Å²) in [5.74, 6) is -0.898. The molecule has 0 aliphatic heterocycles. The van der Waals surface area contributed by atoms with Crippen LogP contribution in [0.5, 0.6) is 11.5 Å².